The van der Waals surface area contributed by atoms with E-state index in [-0.39, 0.29) is 5.56 Å². The zero-order valence-corrected chi connectivity index (χ0v) is 8.01. The quantitative estimate of drug-likeness (QED) is 0.695. The van der Waals surface area contributed by atoms with Crippen molar-refractivity contribution in [2.45, 2.75) is 6.85 Å². The van der Waals surface area contributed by atoms with Crippen molar-refractivity contribution in [3.63, 3.8) is 0 Å². The zero-order valence-electron chi connectivity index (χ0n) is 9.43. The normalized spacial score (nSPS) is 14.3. The van der Waals surface area contributed by atoms with Gasteiger partial charge in [0, 0.05) is 8.58 Å². The molecule has 0 heterocycles. The predicted octanol–water partition coefficient (Wildman–Crippen LogP) is 2.54. The van der Waals surface area contributed by atoms with Gasteiger partial charge in [0.05, 0.1) is 12.7 Å². The summed E-state index contributed by atoms with van der Waals surface area (Å²) in [6.45, 7) is -2.17. The molecule has 0 atom stereocenters. The molecule has 0 saturated heterocycles. The summed E-state index contributed by atoms with van der Waals surface area (Å²) in [5, 5.41) is 0. The molecule has 12 heavy (non-hydrogen) atoms. The molecule has 0 bridgehead atoms. The van der Waals surface area contributed by atoms with E-state index in [4.69, 9.17) is 4.11 Å². The summed E-state index contributed by atoms with van der Waals surface area (Å²) in [5.41, 5.74) is 0.493. The Morgan fingerprint density at radius 2 is 2.42 bits per heavy atom. The third-order valence-corrected chi connectivity index (χ3v) is 2.03. The maximum atomic E-state index is 11.2. The van der Waals surface area contributed by atoms with Crippen LogP contribution >= 0.6 is 15.9 Å². The molecule has 64 valence electrons. The highest BCUT2D eigenvalue weighted by atomic mass is 79.9. The smallest absolute Gasteiger partial charge is 0.338 e. The summed E-state index contributed by atoms with van der Waals surface area (Å²) in [5.74, 6) is -0.501. The van der Waals surface area contributed by atoms with Crippen molar-refractivity contribution in [1.82, 2.24) is 0 Å². The van der Waals surface area contributed by atoms with Crippen molar-refractivity contribution in [2.24, 2.45) is 0 Å². The number of carbonyl (C=O) groups is 1. The summed E-state index contributed by atoms with van der Waals surface area (Å²) in [6, 6.07) is 4.22. The van der Waals surface area contributed by atoms with Gasteiger partial charge in [-0.1, -0.05) is 6.07 Å². The van der Waals surface area contributed by atoms with E-state index in [9.17, 15) is 4.79 Å². The molecule has 0 aliphatic carbocycles. The Hall–Kier alpha value is -0.830. The summed E-state index contributed by atoms with van der Waals surface area (Å²) >= 11 is 3.13. The van der Waals surface area contributed by atoms with E-state index >= 15 is 0 Å². The second-order valence-corrected chi connectivity index (χ2v) is 3.04. The number of aryl methyl sites for hydroxylation is 1. The molecule has 0 unspecified atom stereocenters. The second kappa shape index (κ2) is 3.72. The highest BCUT2D eigenvalue weighted by molar-refractivity contribution is 9.10. The van der Waals surface area contributed by atoms with Crippen molar-refractivity contribution in [1.29, 1.82) is 0 Å². The molecule has 0 amide bonds. The average molecular weight is 232 g/mol. The zero-order chi connectivity index (χ0) is 11.6. The lowest BCUT2D eigenvalue weighted by Gasteiger charge is -2.02. The van der Waals surface area contributed by atoms with Crippen LogP contribution in [0.4, 0.5) is 0 Å². The van der Waals surface area contributed by atoms with Gasteiger partial charge in [0.15, 0.2) is 0 Å². The molecule has 0 saturated carbocycles. The van der Waals surface area contributed by atoms with E-state index in [1.165, 1.54) is 25.3 Å². The van der Waals surface area contributed by atoms with Crippen molar-refractivity contribution in [3.05, 3.63) is 33.8 Å². The number of esters is 1. The number of ether oxygens (including phenoxy) is 1. The molecular formula is C9H9BrO2. The number of halogens is 1. The average Bonchev–Trinajstić information content (AvgIpc) is 2.15. The molecule has 0 N–H and O–H groups in total. The van der Waals surface area contributed by atoms with Gasteiger partial charge in [0.1, 0.15) is 0 Å². The fraction of sp³-hybridized carbons (Fsp3) is 0.222. The lowest BCUT2D eigenvalue weighted by molar-refractivity contribution is 0.0599. The SMILES string of the molecule is [2H]C([2H])([2H])c1ccc(C(=O)OC)c(Br)c1. The van der Waals surface area contributed by atoms with Crippen LogP contribution in [0.25, 0.3) is 0 Å². The van der Waals surface area contributed by atoms with E-state index in [0.717, 1.165) is 0 Å². The number of rotatable bonds is 1. The first-order chi connectivity index (χ1) is 6.86. The highest BCUT2D eigenvalue weighted by Crippen LogP contribution is 2.18. The van der Waals surface area contributed by atoms with Crippen molar-refractivity contribution < 1.29 is 13.6 Å². The minimum absolute atomic E-state index is 0.182. The molecule has 1 aromatic carbocycles. The number of benzene rings is 1. The van der Waals surface area contributed by atoms with Gasteiger partial charge < -0.3 is 4.74 Å². The fourth-order valence-corrected chi connectivity index (χ4v) is 1.33. The lowest BCUT2D eigenvalue weighted by Crippen LogP contribution is -2.01. The number of carbonyl (C=O) groups excluding carboxylic acids is 1. The predicted molar refractivity (Wildman–Crippen MR) is 50.2 cm³/mol. The Bertz CT molecular complexity index is 387. The maximum Gasteiger partial charge on any atom is 0.338 e. The standard InChI is InChI=1S/C9H9BrO2/c1-6-3-4-7(8(10)5-6)9(11)12-2/h3-5H,1-2H3/i1D3. The van der Waals surface area contributed by atoms with Crippen LogP contribution in [0.5, 0.6) is 0 Å². The molecule has 0 fully saturated rings. The van der Waals surface area contributed by atoms with Crippen molar-refractivity contribution in [2.75, 3.05) is 7.11 Å². The molecular weight excluding hydrogens is 220 g/mol. The third-order valence-electron chi connectivity index (χ3n) is 1.37. The van der Waals surface area contributed by atoms with Gasteiger partial charge in [-0.2, -0.15) is 0 Å². The van der Waals surface area contributed by atoms with Gasteiger partial charge in [0.2, 0.25) is 0 Å². The second-order valence-electron chi connectivity index (χ2n) is 2.19. The Morgan fingerprint density at radius 3 is 2.92 bits per heavy atom. The van der Waals surface area contributed by atoms with E-state index < -0.39 is 12.8 Å². The molecule has 0 spiro atoms. The van der Waals surface area contributed by atoms with Gasteiger partial charge in [-0.05, 0) is 40.5 Å². The van der Waals surface area contributed by atoms with Gasteiger partial charge in [0.25, 0.3) is 0 Å². The molecule has 0 radical (unpaired) electrons. The Morgan fingerprint density at radius 1 is 1.67 bits per heavy atom. The van der Waals surface area contributed by atoms with E-state index in [2.05, 4.69) is 20.7 Å². The Kier molecular flexibility index (Phi) is 1.78. The molecule has 0 aliphatic rings. The molecule has 1 rings (SSSR count). The van der Waals surface area contributed by atoms with E-state index in [0.29, 0.717) is 10.0 Å². The van der Waals surface area contributed by atoms with Crippen LogP contribution < -0.4 is 0 Å². The summed E-state index contributed by atoms with van der Waals surface area (Å²) in [4.78, 5) is 11.2. The third kappa shape index (κ3) is 1.85. The maximum absolute atomic E-state index is 11.2. The highest BCUT2D eigenvalue weighted by Gasteiger charge is 2.08. The summed E-state index contributed by atoms with van der Waals surface area (Å²) < 4.78 is 26.5. The first-order valence-electron chi connectivity index (χ1n) is 4.74. The number of hydrogen-bond donors (Lipinski definition) is 0. The molecule has 0 aromatic heterocycles. The topological polar surface area (TPSA) is 26.3 Å². The summed E-state index contributed by atoms with van der Waals surface area (Å²) in [6.07, 6.45) is 0. The number of hydrogen-bond acceptors (Lipinski definition) is 2. The monoisotopic (exact) mass is 231 g/mol. The molecule has 2 nitrogen and oxygen atoms in total. The number of methoxy groups -OCH3 is 1. The van der Waals surface area contributed by atoms with E-state index in [1.807, 2.05) is 0 Å². The van der Waals surface area contributed by atoms with Gasteiger partial charge >= 0.3 is 5.97 Å². The van der Waals surface area contributed by atoms with Gasteiger partial charge in [-0.3, -0.25) is 0 Å². The molecule has 3 heteroatoms. The van der Waals surface area contributed by atoms with Crippen LogP contribution in [-0.4, -0.2) is 13.1 Å². The van der Waals surface area contributed by atoms with Crippen molar-refractivity contribution >= 4 is 21.9 Å². The largest absolute Gasteiger partial charge is 0.465 e. The first kappa shape index (κ1) is 5.75. The van der Waals surface area contributed by atoms with Crippen LogP contribution in [0.2, 0.25) is 0 Å². The Labute approximate surface area is 83.9 Å². The minimum Gasteiger partial charge on any atom is -0.465 e. The van der Waals surface area contributed by atoms with Gasteiger partial charge in [-0.25, -0.2) is 4.79 Å². The van der Waals surface area contributed by atoms with E-state index in [1.54, 1.807) is 0 Å². The molecule has 0 aliphatic heterocycles. The molecule has 1 aromatic rings. The van der Waals surface area contributed by atoms with Crippen LogP contribution in [-0.2, 0) is 4.74 Å². The fourth-order valence-electron chi connectivity index (χ4n) is 0.791. The van der Waals surface area contributed by atoms with Crippen LogP contribution in [0.1, 0.15) is 20.0 Å². The van der Waals surface area contributed by atoms with Crippen LogP contribution in [0.3, 0.4) is 0 Å². The van der Waals surface area contributed by atoms with Gasteiger partial charge in [-0.15, -0.1) is 0 Å². The lowest BCUT2D eigenvalue weighted by atomic mass is 10.1. The minimum atomic E-state index is -2.17. The summed E-state index contributed by atoms with van der Waals surface area (Å²) in [7, 11) is 1.27. The van der Waals surface area contributed by atoms with Crippen LogP contribution in [0.15, 0.2) is 22.7 Å². The Balaban J connectivity index is 3.15. The van der Waals surface area contributed by atoms with Crippen molar-refractivity contribution in [3.8, 4) is 0 Å². The van der Waals surface area contributed by atoms with Crippen LogP contribution in [0, 0.1) is 6.85 Å². The first-order valence-corrected chi connectivity index (χ1v) is 4.04.